The molecule has 2 fully saturated rings. The standard InChI is InChI=1S/C18H20FN3O4/c1-11-5-3-4-7-20-16(11)26-15-6-8-22(9-13(15)19)18-21-14(10-23-18)17-24-12(2)25-17/h3-5,7,10,12-13,15,17H,1,6,8-9H2,2H3/t12?,13-,15+,17?/m0/s1. The van der Waals surface area contributed by atoms with Gasteiger partial charge in [-0.05, 0) is 13.0 Å². The van der Waals surface area contributed by atoms with Crippen molar-refractivity contribution in [1.82, 2.24) is 4.98 Å². The molecule has 0 radical (unpaired) electrons. The Kier molecular flexibility index (Phi) is 4.60. The fraction of sp³-hybridized carbons (Fsp3) is 0.444. The van der Waals surface area contributed by atoms with Gasteiger partial charge in [0.1, 0.15) is 18.1 Å². The number of piperidine rings is 1. The first kappa shape index (κ1) is 17.0. The summed E-state index contributed by atoms with van der Waals surface area (Å²) < 4.78 is 36.6. The number of ether oxygens (including phenoxy) is 3. The zero-order valence-electron chi connectivity index (χ0n) is 14.4. The molecule has 0 aliphatic carbocycles. The van der Waals surface area contributed by atoms with Crippen LogP contribution < -0.4 is 4.90 Å². The Labute approximate surface area is 150 Å². The highest BCUT2D eigenvalue weighted by molar-refractivity contribution is 5.96. The minimum atomic E-state index is -1.21. The van der Waals surface area contributed by atoms with Crippen LogP contribution >= 0.6 is 0 Å². The lowest BCUT2D eigenvalue weighted by molar-refractivity contribution is -0.383. The highest BCUT2D eigenvalue weighted by Crippen LogP contribution is 2.33. The predicted molar refractivity (Wildman–Crippen MR) is 92.3 cm³/mol. The molecule has 0 aromatic carbocycles. The van der Waals surface area contributed by atoms with Gasteiger partial charge in [0.2, 0.25) is 12.2 Å². The van der Waals surface area contributed by atoms with Gasteiger partial charge in [0.05, 0.1) is 6.54 Å². The molecule has 0 bridgehead atoms. The second kappa shape index (κ2) is 7.05. The Hall–Kier alpha value is -2.45. The van der Waals surface area contributed by atoms with Crippen molar-refractivity contribution in [1.29, 1.82) is 0 Å². The van der Waals surface area contributed by atoms with Gasteiger partial charge < -0.3 is 23.5 Å². The second-order valence-electron chi connectivity index (χ2n) is 6.29. The number of anilines is 1. The Morgan fingerprint density at radius 1 is 1.35 bits per heavy atom. The van der Waals surface area contributed by atoms with Crippen molar-refractivity contribution in [3.8, 4) is 0 Å². The molecule has 4 heterocycles. The topological polar surface area (TPSA) is 69.3 Å². The van der Waals surface area contributed by atoms with E-state index >= 15 is 0 Å². The van der Waals surface area contributed by atoms with Gasteiger partial charge >= 0.3 is 0 Å². The number of rotatable bonds is 3. The monoisotopic (exact) mass is 361 g/mol. The summed E-state index contributed by atoms with van der Waals surface area (Å²) in [5, 5.41) is 0. The molecule has 0 saturated carbocycles. The van der Waals surface area contributed by atoms with E-state index in [4.69, 9.17) is 18.6 Å². The summed E-state index contributed by atoms with van der Waals surface area (Å²) in [6, 6.07) is 0.356. The van der Waals surface area contributed by atoms with Gasteiger partial charge in [0, 0.05) is 24.7 Å². The smallest absolute Gasteiger partial charge is 0.297 e. The van der Waals surface area contributed by atoms with Gasteiger partial charge in [-0.15, -0.1) is 0 Å². The zero-order valence-corrected chi connectivity index (χ0v) is 14.4. The van der Waals surface area contributed by atoms with E-state index in [1.54, 1.807) is 30.2 Å². The molecule has 3 aliphatic rings. The van der Waals surface area contributed by atoms with Gasteiger partial charge in [-0.1, -0.05) is 18.7 Å². The maximum Gasteiger partial charge on any atom is 0.297 e. The number of oxazole rings is 1. The molecule has 0 spiro atoms. The number of aromatic nitrogens is 1. The summed E-state index contributed by atoms with van der Waals surface area (Å²) >= 11 is 0. The van der Waals surface area contributed by atoms with Crippen LogP contribution in [0.3, 0.4) is 0 Å². The van der Waals surface area contributed by atoms with E-state index in [9.17, 15) is 4.39 Å². The van der Waals surface area contributed by atoms with Crippen LogP contribution in [0.25, 0.3) is 0 Å². The summed E-state index contributed by atoms with van der Waals surface area (Å²) in [4.78, 5) is 10.3. The highest BCUT2D eigenvalue weighted by atomic mass is 19.1. The second-order valence-corrected chi connectivity index (χ2v) is 6.29. The summed E-state index contributed by atoms with van der Waals surface area (Å²) in [6.07, 6.45) is 6.38. The number of hydrogen-bond donors (Lipinski definition) is 0. The third-order valence-electron chi connectivity index (χ3n) is 4.36. The number of hydrogen-bond acceptors (Lipinski definition) is 7. The van der Waals surface area contributed by atoms with Gasteiger partial charge in [-0.2, -0.15) is 4.98 Å². The number of alkyl halides is 1. The largest absolute Gasteiger partial charge is 0.471 e. The lowest BCUT2D eigenvalue weighted by Gasteiger charge is -2.34. The summed E-state index contributed by atoms with van der Waals surface area (Å²) in [5.41, 5.74) is 1.17. The summed E-state index contributed by atoms with van der Waals surface area (Å²) in [5.74, 6) is 0.350. The fourth-order valence-electron chi connectivity index (χ4n) is 2.95. The van der Waals surface area contributed by atoms with Crippen molar-refractivity contribution in [3.63, 3.8) is 0 Å². The normalized spacial score (nSPS) is 31.4. The number of aliphatic imine (C=N–C) groups is 1. The zero-order chi connectivity index (χ0) is 18.1. The molecule has 0 N–H and O–H groups in total. The van der Waals surface area contributed by atoms with Crippen LogP contribution in [-0.2, 0) is 14.2 Å². The van der Waals surface area contributed by atoms with Crippen LogP contribution in [0.15, 0.2) is 52.3 Å². The minimum absolute atomic E-state index is 0.124. The van der Waals surface area contributed by atoms with Crippen molar-refractivity contribution >= 4 is 11.9 Å². The lowest BCUT2D eigenvalue weighted by atomic mass is 10.1. The lowest BCUT2D eigenvalue weighted by Crippen LogP contribution is -2.46. The molecule has 8 heteroatoms. The van der Waals surface area contributed by atoms with Crippen LogP contribution in [0.4, 0.5) is 10.4 Å². The minimum Gasteiger partial charge on any atom is -0.471 e. The highest BCUT2D eigenvalue weighted by Gasteiger charge is 2.35. The molecular formula is C18H20FN3O4. The van der Waals surface area contributed by atoms with Crippen LogP contribution in [0, 0.1) is 0 Å². The van der Waals surface area contributed by atoms with E-state index < -0.39 is 18.6 Å². The molecule has 1 aromatic heterocycles. The molecule has 7 nitrogen and oxygen atoms in total. The average Bonchev–Trinajstić information content (AvgIpc) is 2.99. The molecule has 138 valence electrons. The number of allylic oxidation sites excluding steroid dienone is 2. The fourth-order valence-corrected chi connectivity index (χ4v) is 2.95. The van der Waals surface area contributed by atoms with E-state index in [0.29, 0.717) is 36.1 Å². The molecule has 0 amide bonds. The Morgan fingerprint density at radius 3 is 2.96 bits per heavy atom. The van der Waals surface area contributed by atoms with Gasteiger partial charge in [0.15, 0.2) is 12.5 Å². The molecule has 1 aromatic rings. The van der Waals surface area contributed by atoms with Gasteiger partial charge in [0.25, 0.3) is 6.01 Å². The van der Waals surface area contributed by atoms with E-state index in [-0.39, 0.29) is 12.8 Å². The van der Waals surface area contributed by atoms with Crippen molar-refractivity contribution in [2.75, 3.05) is 18.0 Å². The van der Waals surface area contributed by atoms with E-state index in [0.717, 1.165) is 0 Å². The molecule has 4 rings (SSSR count). The molecule has 2 atom stereocenters. The van der Waals surface area contributed by atoms with Crippen molar-refractivity contribution in [2.24, 2.45) is 4.99 Å². The third-order valence-corrected chi connectivity index (χ3v) is 4.36. The van der Waals surface area contributed by atoms with E-state index in [1.165, 1.54) is 6.26 Å². The number of halogens is 1. The first-order valence-corrected chi connectivity index (χ1v) is 8.52. The van der Waals surface area contributed by atoms with E-state index in [2.05, 4.69) is 16.6 Å². The Morgan fingerprint density at radius 2 is 2.19 bits per heavy atom. The van der Waals surface area contributed by atoms with Crippen LogP contribution in [-0.4, -0.2) is 42.5 Å². The molecule has 2 saturated heterocycles. The average molecular weight is 361 g/mol. The Balaban J connectivity index is 1.36. The SMILES string of the molecule is C=C1C=CC=CN=C1O[C@@H]1CCN(c2nc(C3OC(C)O3)co2)C[C@@H]1F. The van der Waals surface area contributed by atoms with Crippen LogP contribution in [0.1, 0.15) is 25.3 Å². The third kappa shape index (κ3) is 3.42. The molecule has 3 aliphatic heterocycles. The predicted octanol–water partition coefficient (Wildman–Crippen LogP) is 3.04. The first-order valence-electron chi connectivity index (χ1n) is 8.52. The van der Waals surface area contributed by atoms with Crippen LogP contribution in [0.5, 0.6) is 0 Å². The molecular weight excluding hydrogens is 341 g/mol. The number of nitrogens with zero attached hydrogens (tertiary/aromatic N) is 3. The quantitative estimate of drug-likeness (QED) is 0.824. The van der Waals surface area contributed by atoms with Gasteiger partial charge in [-0.3, -0.25) is 0 Å². The maximum atomic E-state index is 14.7. The Bertz CT molecular complexity index is 766. The van der Waals surface area contributed by atoms with Crippen molar-refractivity contribution in [2.45, 2.75) is 38.2 Å². The van der Waals surface area contributed by atoms with Crippen molar-refractivity contribution < 1.29 is 23.0 Å². The molecule has 26 heavy (non-hydrogen) atoms. The maximum absolute atomic E-state index is 14.7. The first-order chi connectivity index (χ1) is 12.6. The van der Waals surface area contributed by atoms with Gasteiger partial charge in [-0.25, -0.2) is 9.38 Å². The summed E-state index contributed by atoms with van der Waals surface area (Å²) in [7, 11) is 0. The molecule has 0 unspecified atom stereocenters. The van der Waals surface area contributed by atoms with Crippen molar-refractivity contribution in [3.05, 3.63) is 48.5 Å². The van der Waals surface area contributed by atoms with Crippen LogP contribution in [0.2, 0.25) is 0 Å². The van der Waals surface area contributed by atoms with E-state index in [1.807, 2.05) is 6.08 Å². The summed E-state index contributed by atoms with van der Waals surface area (Å²) in [6.45, 7) is 6.36.